The molecule has 1 saturated heterocycles. The SMILES string of the molecule is CC(C)c1cc(C(C)C)c(-c2cccc(-c3c(C(C)C)cc(C(C)C)cc3C(C)C)c2P2C(C)(C)CC(O)CC2(C)C)c(C(C)C)c1. The Morgan fingerprint density at radius 1 is 0.532 bits per heavy atom. The largest absolute Gasteiger partial charge is 0.393 e. The maximum Gasteiger partial charge on any atom is 0.0557 e. The van der Waals surface area contributed by atoms with Crippen molar-refractivity contribution in [3.05, 3.63) is 75.8 Å². The van der Waals surface area contributed by atoms with Crippen LogP contribution in [0.25, 0.3) is 22.3 Å². The number of aliphatic hydroxyl groups is 1. The Labute approximate surface area is 291 Å². The molecule has 0 aromatic heterocycles. The molecule has 0 amide bonds. The lowest BCUT2D eigenvalue weighted by Crippen LogP contribution is -2.45. The molecule has 1 aliphatic heterocycles. The van der Waals surface area contributed by atoms with Crippen molar-refractivity contribution in [1.29, 1.82) is 0 Å². The van der Waals surface area contributed by atoms with E-state index >= 15 is 0 Å². The van der Waals surface area contributed by atoms with Gasteiger partial charge in [-0.3, -0.25) is 0 Å². The second-order valence-corrected chi connectivity index (χ2v) is 21.3. The molecule has 1 heterocycles. The first-order chi connectivity index (χ1) is 21.7. The van der Waals surface area contributed by atoms with Crippen molar-refractivity contribution in [1.82, 2.24) is 0 Å². The van der Waals surface area contributed by atoms with E-state index in [1.165, 1.54) is 55.6 Å². The van der Waals surface area contributed by atoms with Gasteiger partial charge in [-0.1, -0.05) is 161 Å². The van der Waals surface area contributed by atoms with Gasteiger partial charge < -0.3 is 5.11 Å². The Balaban J connectivity index is 2.31. The van der Waals surface area contributed by atoms with Gasteiger partial charge in [0.1, 0.15) is 0 Å². The average Bonchev–Trinajstić information content (AvgIpc) is 2.94. The molecule has 0 bridgehead atoms. The van der Waals surface area contributed by atoms with E-state index in [2.05, 4.69) is 153 Å². The van der Waals surface area contributed by atoms with Crippen LogP contribution in [0.4, 0.5) is 0 Å². The van der Waals surface area contributed by atoms with Gasteiger partial charge in [0.15, 0.2) is 0 Å². The molecule has 1 fully saturated rings. The number of aliphatic hydroxyl groups excluding tert-OH is 1. The molecule has 3 aromatic rings. The highest BCUT2D eigenvalue weighted by atomic mass is 31.1. The van der Waals surface area contributed by atoms with Gasteiger partial charge in [0.25, 0.3) is 0 Å². The highest BCUT2D eigenvalue weighted by molar-refractivity contribution is 7.69. The van der Waals surface area contributed by atoms with Crippen molar-refractivity contribution in [3.63, 3.8) is 0 Å². The van der Waals surface area contributed by atoms with Gasteiger partial charge in [-0.25, -0.2) is 0 Å². The van der Waals surface area contributed by atoms with Gasteiger partial charge in [-0.2, -0.15) is 0 Å². The smallest absolute Gasteiger partial charge is 0.0557 e. The zero-order valence-electron chi connectivity index (χ0n) is 32.9. The van der Waals surface area contributed by atoms with Crippen LogP contribution in [0.1, 0.15) is 193 Å². The second-order valence-electron chi connectivity index (χ2n) is 17.8. The average molecular weight is 655 g/mol. The molecule has 1 nitrogen and oxygen atoms in total. The molecule has 0 atom stereocenters. The van der Waals surface area contributed by atoms with E-state index in [9.17, 15) is 5.11 Å². The number of rotatable bonds is 9. The van der Waals surface area contributed by atoms with E-state index in [1.54, 1.807) is 5.30 Å². The fourth-order valence-electron chi connectivity index (χ4n) is 8.55. The standard InChI is InChI=1S/C45H67OP/c1-26(2)32-20-37(28(5)6)41(38(21-32)29(7)8)35-18-17-19-36(43(35)47-44(13,14)24-34(46)25-45(47,15)16)42-39(30(9)10)22-33(27(3)4)23-40(42)31(11)12/h17-23,26-31,34,46H,24-25H2,1-16H3. The maximum absolute atomic E-state index is 11.3. The summed E-state index contributed by atoms with van der Waals surface area (Å²) in [4.78, 5) is 0. The van der Waals surface area contributed by atoms with Gasteiger partial charge in [0.05, 0.1) is 6.10 Å². The highest BCUT2D eigenvalue weighted by Gasteiger charge is 2.49. The number of hydrogen-bond acceptors (Lipinski definition) is 1. The van der Waals surface area contributed by atoms with E-state index in [0.29, 0.717) is 35.5 Å². The Kier molecular flexibility index (Phi) is 11.4. The van der Waals surface area contributed by atoms with Crippen molar-refractivity contribution < 1.29 is 5.11 Å². The second kappa shape index (κ2) is 14.1. The van der Waals surface area contributed by atoms with Crippen LogP contribution < -0.4 is 5.30 Å². The summed E-state index contributed by atoms with van der Waals surface area (Å²) in [7, 11) is -0.696. The van der Waals surface area contributed by atoms with Crippen LogP contribution in [0, 0.1) is 0 Å². The summed E-state index contributed by atoms with van der Waals surface area (Å²) in [6.45, 7) is 38.2. The fraction of sp³-hybridized carbons (Fsp3) is 0.600. The fourth-order valence-corrected chi connectivity index (χ4v) is 13.0. The first-order valence-electron chi connectivity index (χ1n) is 18.7. The Morgan fingerprint density at radius 2 is 0.830 bits per heavy atom. The lowest BCUT2D eigenvalue weighted by Gasteiger charge is -2.53. The van der Waals surface area contributed by atoms with Crippen molar-refractivity contribution in [2.75, 3.05) is 0 Å². The zero-order chi connectivity index (χ0) is 35.3. The Morgan fingerprint density at radius 3 is 1.09 bits per heavy atom. The Bertz CT molecular complexity index is 1400. The number of benzene rings is 3. The molecule has 3 aromatic carbocycles. The molecule has 0 aliphatic carbocycles. The van der Waals surface area contributed by atoms with Crippen molar-refractivity contribution in [2.45, 2.75) is 176 Å². The summed E-state index contributed by atoms with van der Waals surface area (Å²) in [5, 5.41) is 12.8. The van der Waals surface area contributed by atoms with Gasteiger partial charge in [-0.05, 0) is 120 Å². The summed E-state index contributed by atoms with van der Waals surface area (Å²) in [6, 6.07) is 17.4. The number of hydrogen-bond donors (Lipinski definition) is 1. The summed E-state index contributed by atoms with van der Waals surface area (Å²) >= 11 is 0. The van der Waals surface area contributed by atoms with Gasteiger partial charge in [0, 0.05) is 0 Å². The topological polar surface area (TPSA) is 20.2 Å². The third-order valence-electron chi connectivity index (χ3n) is 10.7. The van der Waals surface area contributed by atoms with Crippen LogP contribution in [-0.4, -0.2) is 21.5 Å². The summed E-state index contributed by atoms with van der Waals surface area (Å²) in [6.07, 6.45) is 1.42. The lowest BCUT2D eigenvalue weighted by molar-refractivity contribution is 0.125. The van der Waals surface area contributed by atoms with Gasteiger partial charge in [0.2, 0.25) is 0 Å². The van der Waals surface area contributed by atoms with Crippen molar-refractivity contribution in [2.24, 2.45) is 0 Å². The summed E-state index contributed by atoms with van der Waals surface area (Å²) < 4.78 is 0. The summed E-state index contributed by atoms with van der Waals surface area (Å²) in [5.41, 5.74) is 14.6. The van der Waals surface area contributed by atoms with E-state index in [1.807, 2.05) is 0 Å². The highest BCUT2D eigenvalue weighted by Crippen LogP contribution is 2.67. The molecule has 2 heteroatoms. The van der Waals surface area contributed by atoms with E-state index < -0.39 is 7.92 Å². The van der Waals surface area contributed by atoms with Crippen LogP contribution in [-0.2, 0) is 0 Å². The minimum atomic E-state index is -0.696. The van der Waals surface area contributed by atoms with E-state index in [4.69, 9.17) is 0 Å². The van der Waals surface area contributed by atoms with Crippen molar-refractivity contribution in [3.8, 4) is 22.3 Å². The van der Waals surface area contributed by atoms with Crippen LogP contribution in [0.2, 0.25) is 0 Å². The first kappa shape index (κ1) is 37.9. The third-order valence-corrected chi connectivity index (χ3v) is 14.5. The molecule has 4 rings (SSSR count). The molecule has 0 unspecified atom stereocenters. The predicted molar refractivity (Wildman–Crippen MR) is 212 cm³/mol. The van der Waals surface area contributed by atoms with Gasteiger partial charge >= 0.3 is 0 Å². The van der Waals surface area contributed by atoms with E-state index in [0.717, 1.165) is 12.8 Å². The van der Waals surface area contributed by atoms with Crippen LogP contribution in [0.15, 0.2) is 42.5 Å². The molecule has 1 aliphatic rings. The van der Waals surface area contributed by atoms with Gasteiger partial charge in [-0.15, -0.1) is 0 Å². The van der Waals surface area contributed by atoms with Crippen LogP contribution in [0.5, 0.6) is 0 Å². The Hall–Kier alpha value is -1.95. The molecule has 47 heavy (non-hydrogen) atoms. The quantitative estimate of drug-likeness (QED) is 0.228. The predicted octanol–water partition coefficient (Wildman–Crippen LogP) is 13.6. The van der Waals surface area contributed by atoms with Crippen LogP contribution in [0.3, 0.4) is 0 Å². The monoisotopic (exact) mass is 654 g/mol. The zero-order valence-corrected chi connectivity index (χ0v) is 33.8. The van der Waals surface area contributed by atoms with Crippen LogP contribution >= 0.6 is 7.92 Å². The molecular formula is C45H67OP. The van der Waals surface area contributed by atoms with Crippen molar-refractivity contribution >= 4 is 13.2 Å². The molecule has 258 valence electrons. The van der Waals surface area contributed by atoms with E-state index in [-0.39, 0.29) is 16.4 Å². The minimum absolute atomic E-state index is 0.0247. The lowest BCUT2D eigenvalue weighted by atomic mass is 9.79. The maximum atomic E-state index is 11.3. The molecule has 1 N–H and O–H groups in total. The third kappa shape index (κ3) is 7.48. The molecule has 0 spiro atoms. The normalized spacial score (nSPS) is 19.6. The molecular weight excluding hydrogens is 587 g/mol. The first-order valence-corrected chi connectivity index (χ1v) is 20.0. The molecule has 0 radical (unpaired) electrons. The summed E-state index contributed by atoms with van der Waals surface area (Å²) in [5.74, 6) is 2.58. The molecule has 0 saturated carbocycles. The minimum Gasteiger partial charge on any atom is -0.393 e.